The highest BCUT2D eigenvalue weighted by Crippen LogP contribution is 2.19. The molecular weight excluding hydrogens is 190 g/mol. The first-order valence-electron chi connectivity index (χ1n) is 5.61. The van der Waals surface area contributed by atoms with E-state index in [1.54, 1.807) is 0 Å². The van der Waals surface area contributed by atoms with E-state index in [0.717, 1.165) is 31.0 Å². The lowest BCUT2D eigenvalue weighted by molar-refractivity contribution is 0.121. The highest BCUT2D eigenvalue weighted by atomic mass is 16.5. The van der Waals surface area contributed by atoms with Crippen LogP contribution >= 0.6 is 0 Å². The van der Waals surface area contributed by atoms with Crippen molar-refractivity contribution in [1.82, 2.24) is 9.78 Å². The number of nitrogens with one attached hydrogen (secondary N) is 1. The fourth-order valence-corrected chi connectivity index (χ4v) is 1.95. The first-order chi connectivity index (χ1) is 7.20. The standard InChI is InChI=1S/C11H19N3O/c1-4-9-7-11(14(3)13-9)12-10-5-6-15-8(10)2/h7-8,10,12H,4-6H2,1-3H3/t8-,10+/m0/s1. The lowest BCUT2D eigenvalue weighted by Gasteiger charge is -2.16. The molecule has 15 heavy (non-hydrogen) atoms. The highest BCUT2D eigenvalue weighted by molar-refractivity contribution is 5.38. The zero-order valence-electron chi connectivity index (χ0n) is 9.66. The predicted octanol–water partition coefficient (Wildman–Crippen LogP) is 1.57. The molecule has 1 N–H and O–H groups in total. The second-order valence-electron chi connectivity index (χ2n) is 4.11. The van der Waals surface area contributed by atoms with Crippen LogP contribution in [0.2, 0.25) is 0 Å². The lowest BCUT2D eigenvalue weighted by atomic mass is 10.1. The molecule has 2 heterocycles. The van der Waals surface area contributed by atoms with Gasteiger partial charge in [-0.1, -0.05) is 6.92 Å². The third-order valence-electron chi connectivity index (χ3n) is 3.00. The molecule has 2 atom stereocenters. The summed E-state index contributed by atoms with van der Waals surface area (Å²) < 4.78 is 7.43. The van der Waals surface area contributed by atoms with Crippen molar-refractivity contribution in [2.24, 2.45) is 7.05 Å². The molecule has 0 radical (unpaired) electrons. The van der Waals surface area contributed by atoms with Gasteiger partial charge in [-0.3, -0.25) is 4.68 Å². The Morgan fingerprint density at radius 1 is 1.67 bits per heavy atom. The molecule has 1 aliphatic heterocycles. The van der Waals surface area contributed by atoms with Crippen LogP contribution in [-0.4, -0.2) is 28.5 Å². The molecule has 4 nitrogen and oxygen atoms in total. The van der Waals surface area contributed by atoms with Crippen molar-refractivity contribution < 1.29 is 4.74 Å². The van der Waals surface area contributed by atoms with E-state index >= 15 is 0 Å². The largest absolute Gasteiger partial charge is 0.376 e. The molecule has 0 bridgehead atoms. The SMILES string of the molecule is CCc1cc(N[C@@H]2CCO[C@H]2C)n(C)n1. The number of anilines is 1. The molecule has 0 aliphatic carbocycles. The Kier molecular flexibility index (Phi) is 2.95. The maximum atomic E-state index is 5.52. The van der Waals surface area contributed by atoms with Crippen molar-refractivity contribution in [2.45, 2.75) is 38.8 Å². The van der Waals surface area contributed by atoms with E-state index in [1.165, 1.54) is 0 Å². The monoisotopic (exact) mass is 209 g/mol. The first kappa shape index (κ1) is 10.5. The van der Waals surface area contributed by atoms with E-state index in [4.69, 9.17) is 4.74 Å². The van der Waals surface area contributed by atoms with Crippen molar-refractivity contribution in [3.8, 4) is 0 Å². The average molecular weight is 209 g/mol. The Hall–Kier alpha value is -1.03. The van der Waals surface area contributed by atoms with Gasteiger partial charge in [-0.2, -0.15) is 5.10 Å². The van der Waals surface area contributed by atoms with Gasteiger partial charge < -0.3 is 10.1 Å². The number of nitrogens with zero attached hydrogens (tertiary/aromatic N) is 2. The van der Waals surface area contributed by atoms with Gasteiger partial charge in [-0.15, -0.1) is 0 Å². The molecule has 4 heteroatoms. The molecule has 0 spiro atoms. The van der Waals surface area contributed by atoms with Crippen LogP contribution < -0.4 is 5.32 Å². The lowest BCUT2D eigenvalue weighted by Crippen LogP contribution is -2.27. The fraction of sp³-hybridized carbons (Fsp3) is 0.727. The second kappa shape index (κ2) is 4.23. The molecule has 1 saturated heterocycles. The maximum Gasteiger partial charge on any atom is 0.124 e. The number of aromatic nitrogens is 2. The third kappa shape index (κ3) is 2.15. The van der Waals surface area contributed by atoms with Crippen LogP contribution in [0, 0.1) is 0 Å². The molecule has 1 aromatic heterocycles. The number of aryl methyl sites for hydroxylation is 2. The molecule has 1 aliphatic rings. The normalized spacial score (nSPS) is 25.8. The number of rotatable bonds is 3. The molecule has 1 aromatic rings. The van der Waals surface area contributed by atoms with Crippen molar-refractivity contribution in [1.29, 1.82) is 0 Å². The summed E-state index contributed by atoms with van der Waals surface area (Å²) in [4.78, 5) is 0. The molecule has 0 amide bonds. The number of hydrogen-bond donors (Lipinski definition) is 1. The molecule has 0 saturated carbocycles. The molecule has 0 aromatic carbocycles. The van der Waals surface area contributed by atoms with Gasteiger partial charge in [0.1, 0.15) is 5.82 Å². The Balaban J connectivity index is 2.06. The van der Waals surface area contributed by atoms with Gasteiger partial charge >= 0.3 is 0 Å². The van der Waals surface area contributed by atoms with E-state index in [2.05, 4.69) is 30.3 Å². The van der Waals surface area contributed by atoms with Crippen LogP contribution in [-0.2, 0) is 18.2 Å². The summed E-state index contributed by atoms with van der Waals surface area (Å²) in [6, 6.07) is 2.54. The van der Waals surface area contributed by atoms with Gasteiger partial charge in [0, 0.05) is 19.7 Å². The van der Waals surface area contributed by atoms with E-state index in [1.807, 2.05) is 11.7 Å². The van der Waals surface area contributed by atoms with Gasteiger partial charge in [0.05, 0.1) is 17.8 Å². The van der Waals surface area contributed by atoms with Crippen LogP contribution in [0.5, 0.6) is 0 Å². The summed E-state index contributed by atoms with van der Waals surface area (Å²) in [7, 11) is 1.97. The average Bonchev–Trinajstić information content (AvgIpc) is 2.76. The molecule has 84 valence electrons. The first-order valence-corrected chi connectivity index (χ1v) is 5.61. The Bertz CT molecular complexity index is 335. The summed E-state index contributed by atoms with van der Waals surface area (Å²) in [5, 5.41) is 7.90. The summed E-state index contributed by atoms with van der Waals surface area (Å²) in [6.45, 7) is 5.09. The molecule has 0 unspecified atom stereocenters. The van der Waals surface area contributed by atoms with Gasteiger partial charge in [0.25, 0.3) is 0 Å². The van der Waals surface area contributed by atoms with Crippen molar-refractivity contribution in [2.75, 3.05) is 11.9 Å². The van der Waals surface area contributed by atoms with E-state index in [-0.39, 0.29) is 0 Å². The summed E-state index contributed by atoms with van der Waals surface area (Å²) in [5.41, 5.74) is 1.13. The Morgan fingerprint density at radius 2 is 2.47 bits per heavy atom. The minimum Gasteiger partial charge on any atom is -0.376 e. The van der Waals surface area contributed by atoms with Crippen LogP contribution in [0.4, 0.5) is 5.82 Å². The zero-order chi connectivity index (χ0) is 10.8. The van der Waals surface area contributed by atoms with Crippen molar-refractivity contribution in [3.05, 3.63) is 11.8 Å². The van der Waals surface area contributed by atoms with Gasteiger partial charge in [-0.25, -0.2) is 0 Å². The zero-order valence-corrected chi connectivity index (χ0v) is 9.66. The third-order valence-corrected chi connectivity index (χ3v) is 3.00. The molecular formula is C11H19N3O. The van der Waals surface area contributed by atoms with E-state index in [9.17, 15) is 0 Å². The Morgan fingerprint density at radius 3 is 3.00 bits per heavy atom. The number of hydrogen-bond acceptors (Lipinski definition) is 3. The fourth-order valence-electron chi connectivity index (χ4n) is 1.95. The quantitative estimate of drug-likeness (QED) is 0.821. The summed E-state index contributed by atoms with van der Waals surface area (Å²) in [5.74, 6) is 1.09. The van der Waals surface area contributed by atoms with Crippen molar-refractivity contribution in [3.63, 3.8) is 0 Å². The minimum atomic E-state index is 0.296. The van der Waals surface area contributed by atoms with Gasteiger partial charge in [0.2, 0.25) is 0 Å². The summed E-state index contributed by atoms with van der Waals surface area (Å²) >= 11 is 0. The van der Waals surface area contributed by atoms with Gasteiger partial charge in [0.15, 0.2) is 0 Å². The molecule has 1 fully saturated rings. The second-order valence-corrected chi connectivity index (χ2v) is 4.11. The highest BCUT2D eigenvalue weighted by Gasteiger charge is 2.24. The van der Waals surface area contributed by atoms with Gasteiger partial charge in [-0.05, 0) is 19.8 Å². The predicted molar refractivity (Wildman–Crippen MR) is 60.0 cm³/mol. The van der Waals surface area contributed by atoms with Crippen LogP contribution in [0.15, 0.2) is 6.07 Å². The summed E-state index contributed by atoms with van der Waals surface area (Å²) in [6.07, 6.45) is 2.35. The topological polar surface area (TPSA) is 39.1 Å². The van der Waals surface area contributed by atoms with Crippen LogP contribution in [0.1, 0.15) is 26.0 Å². The number of ether oxygens (including phenoxy) is 1. The van der Waals surface area contributed by atoms with E-state index < -0.39 is 0 Å². The minimum absolute atomic E-state index is 0.296. The Labute approximate surface area is 90.6 Å². The van der Waals surface area contributed by atoms with Crippen LogP contribution in [0.25, 0.3) is 0 Å². The van der Waals surface area contributed by atoms with E-state index in [0.29, 0.717) is 12.1 Å². The maximum absolute atomic E-state index is 5.52. The smallest absolute Gasteiger partial charge is 0.124 e. The van der Waals surface area contributed by atoms with Crippen LogP contribution in [0.3, 0.4) is 0 Å². The molecule has 2 rings (SSSR count). The van der Waals surface area contributed by atoms with Crippen molar-refractivity contribution >= 4 is 5.82 Å².